The highest BCUT2D eigenvalue weighted by Gasteiger charge is 2.18. The molecule has 2 aromatic carbocycles. The van der Waals surface area contributed by atoms with Crippen molar-refractivity contribution in [2.24, 2.45) is 0 Å². The van der Waals surface area contributed by atoms with Crippen molar-refractivity contribution in [3.8, 4) is 5.75 Å². The molecule has 2 N–H and O–H groups in total. The quantitative estimate of drug-likeness (QED) is 0.559. The normalized spacial score (nSPS) is 10.6. The molecule has 0 aromatic heterocycles. The minimum atomic E-state index is -0.787. The smallest absolute Gasteiger partial charge is 0.354 e. The third-order valence-corrected chi connectivity index (χ3v) is 3.66. The van der Waals surface area contributed by atoms with Crippen LogP contribution in [0.25, 0.3) is 0 Å². The first kappa shape index (κ1) is 20.5. The summed E-state index contributed by atoms with van der Waals surface area (Å²) in [6.45, 7) is 0. The van der Waals surface area contributed by atoms with Crippen LogP contribution in [0.5, 0.6) is 5.75 Å². The van der Waals surface area contributed by atoms with Crippen LogP contribution in [0.4, 0.5) is 11.4 Å². The van der Waals surface area contributed by atoms with E-state index >= 15 is 0 Å². The molecule has 0 spiro atoms. The fourth-order valence-electron chi connectivity index (χ4n) is 2.31. The van der Waals surface area contributed by atoms with Gasteiger partial charge in [0, 0.05) is 0 Å². The molecule has 0 radical (unpaired) electrons. The number of amides is 1. The molecule has 0 saturated carbocycles. The van der Waals surface area contributed by atoms with Crippen LogP contribution >= 0.6 is 0 Å². The van der Waals surface area contributed by atoms with E-state index in [4.69, 9.17) is 4.74 Å². The second kappa shape index (κ2) is 9.77. The number of rotatable bonds is 7. The van der Waals surface area contributed by atoms with E-state index in [1.807, 2.05) is 0 Å². The minimum absolute atomic E-state index is 0.174. The predicted molar refractivity (Wildman–Crippen MR) is 103 cm³/mol. The maximum atomic E-state index is 12.8. The lowest BCUT2D eigenvalue weighted by molar-refractivity contribution is -0.138. The molecule has 28 heavy (non-hydrogen) atoms. The van der Waals surface area contributed by atoms with Gasteiger partial charge in [0.1, 0.15) is 11.4 Å². The number of hydrogen-bond acceptors (Lipinski definition) is 7. The molecule has 0 heterocycles. The van der Waals surface area contributed by atoms with Crippen molar-refractivity contribution >= 4 is 29.2 Å². The van der Waals surface area contributed by atoms with E-state index in [-0.39, 0.29) is 11.3 Å². The predicted octanol–water partition coefficient (Wildman–Crippen LogP) is 2.59. The maximum Gasteiger partial charge on any atom is 0.354 e. The van der Waals surface area contributed by atoms with E-state index < -0.39 is 17.8 Å². The third-order valence-electron chi connectivity index (χ3n) is 3.66. The van der Waals surface area contributed by atoms with Crippen LogP contribution < -0.4 is 15.4 Å². The highest BCUT2D eigenvalue weighted by atomic mass is 16.5. The topological polar surface area (TPSA) is 103 Å². The van der Waals surface area contributed by atoms with Crippen molar-refractivity contribution in [1.29, 1.82) is 0 Å². The van der Waals surface area contributed by atoms with Crippen molar-refractivity contribution in [1.82, 2.24) is 0 Å². The van der Waals surface area contributed by atoms with Gasteiger partial charge in [-0.3, -0.25) is 4.79 Å². The number of para-hydroxylation sites is 3. The molecule has 0 aliphatic carbocycles. The minimum Gasteiger partial charge on any atom is -0.495 e. The van der Waals surface area contributed by atoms with E-state index in [1.54, 1.807) is 48.5 Å². The molecule has 2 aromatic rings. The Morgan fingerprint density at radius 1 is 0.821 bits per heavy atom. The van der Waals surface area contributed by atoms with Crippen molar-refractivity contribution in [3.63, 3.8) is 0 Å². The number of anilines is 2. The molecular formula is C20H20N2O6. The first-order valence-corrected chi connectivity index (χ1v) is 8.18. The molecule has 0 aliphatic rings. The van der Waals surface area contributed by atoms with Crippen molar-refractivity contribution in [3.05, 3.63) is 65.9 Å². The molecule has 2 rings (SSSR count). The van der Waals surface area contributed by atoms with Crippen LogP contribution in [-0.4, -0.2) is 39.2 Å². The molecule has 0 unspecified atom stereocenters. The first-order chi connectivity index (χ1) is 13.5. The summed E-state index contributed by atoms with van der Waals surface area (Å²) in [6, 6.07) is 13.5. The number of ether oxygens (including phenoxy) is 3. The van der Waals surface area contributed by atoms with Crippen LogP contribution in [0.15, 0.2) is 60.3 Å². The lowest BCUT2D eigenvalue weighted by atomic mass is 10.1. The van der Waals surface area contributed by atoms with Gasteiger partial charge in [0.15, 0.2) is 0 Å². The molecular weight excluding hydrogens is 364 g/mol. The fraction of sp³-hybridized carbons (Fsp3) is 0.150. The van der Waals surface area contributed by atoms with Crippen LogP contribution in [0, 0.1) is 0 Å². The van der Waals surface area contributed by atoms with E-state index in [0.29, 0.717) is 17.1 Å². The average Bonchev–Trinajstić information content (AvgIpc) is 2.73. The van der Waals surface area contributed by atoms with Crippen LogP contribution in [0.1, 0.15) is 10.4 Å². The summed E-state index contributed by atoms with van der Waals surface area (Å²) < 4.78 is 14.4. The van der Waals surface area contributed by atoms with Gasteiger partial charge in [-0.25, -0.2) is 9.59 Å². The summed E-state index contributed by atoms with van der Waals surface area (Å²) in [4.78, 5) is 36.2. The summed E-state index contributed by atoms with van der Waals surface area (Å²) in [5, 5.41) is 5.51. The first-order valence-electron chi connectivity index (χ1n) is 8.18. The molecule has 0 atom stereocenters. The van der Waals surface area contributed by atoms with Gasteiger partial charge in [0.2, 0.25) is 0 Å². The van der Waals surface area contributed by atoms with Gasteiger partial charge in [0.05, 0.1) is 44.3 Å². The van der Waals surface area contributed by atoms with Gasteiger partial charge in [-0.1, -0.05) is 24.3 Å². The molecule has 0 fully saturated rings. The Morgan fingerprint density at radius 2 is 1.46 bits per heavy atom. The number of benzene rings is 2. The Balaban J connectivity index is 2.33. The summed E-state index contributed by atoms with van der Waals surface area (Å²) in [7, 11) is 3.86. The summed E-state index contributed by atoms with van der Waals surface area (Å²) in [6.07, 6.45) is 0.945. The lowest BCUT2D eigenvalue weighted by Gasteiger charge is -2.14. The number of carbonyl (C=O) groups is 3. The Morgan fingerprint density at radius 3 is 2.11 bits per heavy atom. The Kier molecular flexibility index (Phi) is 7.15. The third kappa shape index (κ3) is 5.10. The SMILES string of the molecule is COC(=O)/C=C(/Nc1ccccc1C(=O)Nc1ccccc1OC)C(=O)OC. The fourth-order valence-corrected chi connectivity index (χ4v) is 2.31. The zero-order valence-electron chi connectivity index (χ0n) is 15.6. The Hall–Kier alpha value is -3.81. The maximum absolute atomic E-state index is 12.8. The van der Waals surface area contributed by atoms with Crippen molar-refractivity contribution in [2.75, 3.05) is 32.0 Å². The highest BCUT2D eigenvalue weighted by Crippen LogP contribution is 2.25. The zero-order chi connectivity index (χ0) is 20.5. The lowest BCUT2D eigenvalue weighted by Crippen LogP contribution is -2.19. The van der Waals surface area contributed by atoms with Crippen LogP contribution in [-0.2, 0) is 19.1 Å². The number of esters is 2. The molecule has 8 heteroatoms. The average molecular weight is 384 g/mol. The van der Waals surface area contributed by atoms with E-state index in [1.165, 1.54) is 21.3 Å². The van der Waals surface area contributed by atoms with Crippen molar-refractivity contribution < 1.29 is 28.6 Å². The highest BCUT2D eigenvalue weighted by molar-refractivity contribution is 6.09. The number of methoxy groups -OCH3 is 3. The second-order valence-electron chi connectivity index (χ2n) is 5.40. The summed E-state index contributed by atoms with van der Waals surface area (Å²) >= 11 is 0. The van der Waals surface area contributed by atoms with E-state index in [9.17, 15) is 14.4 Å². The summed E-state index contributed by atoms with van der Waals surface area (Å²) in [5.41, 5.74) is 0.860. The molecule has 0 aliphatic heterocycles. The molecule has 8 nitrogen and oxygen atoms in total. The standard InChI is InChI=1S/C20H20N2O6/c1-26-17-11-7-6-10-15(17)22-19(24)13-8-4-5-9-14(13)21-16(20(25)28-3)12-18(23)27-2/h4-12,21H,1-3H3,(H,22,24)/b16-12+. The molecule has 146 valence electrons. The van der Waals surface area contributed by atoms with Gasteiger partial charge >= 0.3 is 11.9 Å². The van der Waals surface area contributed by atoms with Crippen LogP contribution in [0.2, 0.25) is 0 Å². The van der Waals surface area contributed by atoms with Gasteiger partial charge in [-0.2, -0.15) is 0 Å². The van der Waals surface area contributed by atoms with Gasteiger partial charge in [-0.15, -0.1) is 0 Å². The molecule has 0 saturated heterocycles. The number of carbonyl (C=O) groups excluding carboxylic acids is 3. The van der Waals surface area contributed by atoms with E-state index in [0.717, 1.165) is 6.08 Å². The monoisotopic (exact) mass is 384 g/mol. The van der Waals surface area contributed by atoms with Crippen LogP contribution in [0.3, 0.4) is 0 Å². The van der Waals surface area contributed by atoms with E-state index in [2.05, 4.69) is 20.1 Å². The second-order valence-corrected chi connectivity index (χ2v) is 5.40. The Bertz CT molecular complexity index is 907. The molecule has 1 amide bonds. The number of hydrogen-bond donors (Lipinski definition) is 2. The largest absolute Gasteiger partial charge is 0.495 e. The molecule has 0 bridgehead atoms. The van der Waals surface area contributed by atoms with Gasteiger partial charge in [0.25, 0.3) is 5.91 Å². The zero-order valence-corrected chi connectivity index (χ0v) is 15.6. The summed E-state index contributed by atoms with van der Waals surface area (Å²) in [5.74, 6) is -1.47. The van der Waals surface area contributed by atoms with Gasteiger partial charge < -0.3 is 24.8 Å². The van der Waals surface area contributed by atoms with Gasteiger partial charge in [-0.05, 0) is 24.3 Å². The number of nitrogens with one attached hydrogen (secondary N) is 2. The van der Waals surface area contributed by atoms with Crippen molar-refractivity contribution in [2.45, 2.75) is 0 Å². The Labute approximate surface area is 162 Å².